The largest absolute Gasteiger partial charge is 0.338 e. The number of nitrogens with one attached hydrogen (secondary N) is 1. The summed E-state index contributed by atoms with van der Waals surface area (Å²) in [6.07, 6.45) is 1.01. The molecule has 0 saturated carbocycles. The molecule has 1 fully saturated rings. The van der Waals surface area contributed by atoms with Crippen molar-refractivity contribution in [3.63, 3.8) is 0 Å². The minimum atomic E-state index is -1.45. The first-order valence-electron chi connectivity index (χ1n) is 8.22. The minimum Gasteiger partial charge on any atom is -0.276 e. The van der Waals surface area contributed by atoms with Crippen molar-refractivity contribution < 1.29 is 23.6 Å². The number of urea groups is 1. The van der Waals surface area contributed by atoms with Crippen molar-refractivity contribution in [3.8, 4) is 0 Å². The van der Waals surface area contributed by atoms with Crippen LogP contribution in [0.3, 0.4) is 0 Å². The maximum atomic E-state index is 13.0. The number of carbonyl (C=O) groups is 4. The summed E-state index contributed by atoms with van der Waals surface area (Å²) < 4.78 is 13.0. The molecular formula is C18H21FN2O4. The quantitative estimate of drug-likeness (QED) is 0.655. The predicted molar refractivity (Wildman–Crippen MR) is 87.9 cm³/mol. The molecule has 1 aliphatic rings. The van der Waals surface area contributed by atoms with Crippen molar-refractivity contribution in [1.29, 1.82) is 0 Å². The van der Waals surface area contributed by atoms with Crippen molar-refractivity contribution >= 4 is 23.8 Å². The summed E-state index contributed by atoms with van der Waals surface area (Å²) >= 11 is 0. The maximum absolute atomic E-state index is 13.0. The molecule has 134 valence electrons. The van der Waals surface area contributed by atoms with Crippen molar-refractivity contribution in [1.82, 2.24) is 10.2 Å². The Morgan fingerprint density at radius 2 is 1.80 bits per heavy atom. The van der Waals surface area contributed by atoms with Crippen LogP contribution in [0.1, 0.15) is 50.4 Å². The van der Waals surface area contributed by atoms with Gasteiger partial charge in [-0.15, -0.1) is 0 Å². The highest BCUT2D eigenvalue weighted by molar-refractivity contribution is 6.27. The molecule has 1 heterocycles. The van der Waals surface area contributed by atoms with Gasteiger partial charge < -0.3 is 0 Å². The fourth-order valence-electron chi connectivity index (χ4n) is 2.83. The standard InChI is InChI=1S/C18H21FN2O4/c1-4-18(10-9-11(2)3)15(23)20-17(25)21(16(18)24)14(22)12-5-7-13(19)8-6-12/h5-8,11H,4,9-10H2,1-3H3,(H,20,23,25)/t18-/m0/s1. The van der Waals surface area contributed by atoms with Gasteiger partial charge in [-0.05, 0) is 49.4 Å². The molecule has 0 aromatic heterocycles. The first-order chi connectivity index (χ1) is 11.7. The monoisotopic (exact) mass is 348 g/mol. The lowest BCUT2D eigenvalue weighted by molar-refractivity contribution is -0.150. The number of benzene rings is 1. The van der Waals surface area contributed by atoms with Crippen LogP contribution in [-0.2, 0) is 9.59 Å². The molecule has 1 aromatic carbocycles. The third kappa shape index (κ3) is 3.45. The number of amides is 5. The van der Waals surface area contributed by atoms with Gasteiger partial charge in [-0.1, -0.05) is 20.8 Å². The summed E-state index contributed by atoms with van der Waals surface area (Å²) in [5.41, 5.74) is -1.46. The van der Waals surface area contributed by atoms with E-state index in [0.29, 0.717) is 11.3 Å². The molecule has 0 bridgehead atoms. The highest BCUT2D eigenvalue weighted by Gasteiger charge is 2.54. The Hall–Kier alpha value is -2.57. The molecule has 6 nitrogen and oxygen atoms in total. The van der Waals surface area contributed by atoms with Gasteiger partial charge in [0.25, 0.3) is 11.8 Å². The summed E-state index contributed by atoms with van der Waals surface area (Å²) in [6, 6.07) is 3.44. The Bertz CT molecular complexity index is 714. The van der Waals surface area contributed by atoms with Gasteiger partial charge in [0.2, 0.25) is 5.91 Å². The number of carbonyl (C=O) groups excluding carboxylic acids is 4. The lowest BCUT2D eigenvalue weighted by Crippen LogP contribution is -2.65. The molecule has 0 radical (unpaired) electrons. The molecule has 1 aromatic rings. The molecular weight excluding hydrogens is 327 g/mol. The zero-order valence-electron chi connectivity index (χ0n) is 14.5. The van der Waals surface area contributed by atoms with Crippen LogP contribution in [0.25, 0.3) is 0 Å². The van der Waals surface area contributed by atoms with Gasteiger partial charge in [0.05, 0.1) is 0 Å². The summed E-state index contributed by atoms with van der Waals surface area (Å²) in [7, 11) is 0. The van der Waals surface area contributed by atoms with Gasteiger partial charge >= 0.3 is 6.03 Å². The number of rotatable bonds is 5. The third-order valence-corrected chi connectivity index (χ3v) is 4.52. The highest BCUT2D eigenvalue weighted by atomic mass is 19.1. The predicted octanol–water partition coefficient (Wildman–Crippen LogP) is 2.88. The first kappa shape index (κ1) is 18.8. The van der Waals surface area contributed by atoms with E-state index in [1.165, 1.54) is 12.1 Å². The average Bonchev–Trinajstić information content (AvgIpc) is 2.55. The van der Waals surface area contributed by atoms with Crippen LogP contribution in [0.2, 0.25) is 0 Å². The maximum Gasteiger partial charge on any atom is 0.338 e. The van der Waals surface area contributed by atoms with E-state index in [-0.39, 0.29) is 24.3 Å². The zero-order valence-corrected chi connectivity index (χ0v) is 14.5. The molecule has 1 saturated heterocycles. The van der Waals surface area contributed by atoms with E-state index in [1.807, 2.05) is 13.8 Å². The SMILES string of the molecule is CC[C@]1(CCC(C)C)C(=O)NC(=O)N(C(=O)c2ccc(F)cc2)C1=O. The van der Waals surface area contributed by atoms with Gasteiger partial charge in [-0.2, -0.15) is 4.90 Å². The second-order valence-electron chi connectivity index (χ2n) is 6.58. The molecule has 0 aliphatic carbocycles. The Morgan fingerprint density at radius 1 is 1.20 bits per heavy atom. The molecule has 2 rings (SSSR count). The van der Waals surface area contributed by atoms with Crippen LogP contribution < -0.4 is 5.32 Å². The van der Waals surface area contributed by atoms with E-state index in [0.717, 1.165) is 12.1 Å². The smallest absolute Gasteiger partial charge is 0.276 e. The summed E-state index contributed by atoms with van der Waals surface area (Å²) in [6.45, 7) is 5.59. The fourth-order valence-corrected chi connectivity index (χ4v) is 2.83. The van der Waals surface area contributed by atoms with Gasteiger partial charge in [-0.25, -0.2) is 9.18 Å². The number of hydrogen-bond acceptors (Lipinski definition) is 4. The lowest BCUT2D eigenvalue weighted by atomic mass is 9.75. The molecule has 0 spiro atoms. The summed E-state index contributed by atoms with van der Waals surface area (Å²) in [5, 5.41) is 2.12. The molecule has 1 aliphatic heterocycles. The van der Waals surface area contributed by atoms with E-state index in [2.05, 4.69) is 5.32 Å². The summed E-state index contributed by atoms with van der Waals surface area (Å²) in [4.78, 5) is 50.5. The van der Waals surface area contributed by atoms with E-state index >= 15 is 0 Å². The Balaban J connectivity index is 2.38. The van der Waals surface area contributed by atoms with E-state index in [9.17, 15) is 23.6 Å². The Labute approximate surface area is 145 Å². The second-order valence-corrected chi connectivity index (χ2v) is 6.58. The van der Waals surface area contributed by atoms with Gasteiger partial charge in [0, 0.05) is 5.56 Å². The fraction of sp³-hybridized carbons (Fsp3) is 0.444. The van der Waals surface area contributed by atoms with Crippen LogP contribution in [0.5, 0.6) is 0 Å². The van der Waals surface area contributed by atoms with E-state index < -0.39 is 35.0 Å². The van der Waals surface area contributed by atoms with Crippen molar-refractivity contribution in [2.45, 2.75) is 40.0 Å². The Morgan fingerprint density at radius 3 is 2.32 bits per heavy atom. The first-order valence-corrected chi connectivity index (χ1v) is 8.22. The number of barbiturate groups is 1. The van der Waals surface area contributed by atoms with Crippen LogP contribution in [-0.4, -0.2) is 28.7 Å². The molecule has 0 unspecified atom stereocenters. The van der Waals surface area contributed by atoms with Gasteiger partial charge in [-0.3, -0.25) is 19.7 Å². The van der Waals surface area contributed by atoms with Crippen LogP contribution in [0.15, 0.2) is 24.3 Å². The molecule has 1 atom stereocenters. The normalized spacial score (nSPS) is 20.8. The van der Waals surface area contributed by atoms with Crippen LogP contribution in [0.4, 0.5) is 9.18 Å². The molecule has 7 heteroatoms. The molecule has 25 heavy (non-hydrogen) atoms. The lowest BCUT2D eigenvalue weighted by Gasteiger charge is -2.38. The highest BCUT2D eigenvalue weighted by Crippen LogP contribution is 2.35. The van der Waals surface area contributed by atoms with E-state index in [1.54, 1.807) is 6.92 Å². The number of halogens is 1. The van der Waals surface area contributed by atoms with Crippen molar-refractivity contribution in [2.24, 2.45) is 11.3 Å². The van der Waals surface area contributed by atoms with Gasteiger partial charge in [0.1, 0.15) is 11.2 Å². The second kappa shape index (κ2) is 7.13. The van der Waals surface area contributed by atoms with Crippen molar-refractivity contribution in [2.75, 3.05) is 0 Å². The van der Waals surface area contributed by atoms with Crippen LogP contribution in [0, 0.1) is 17.2 Å². The van der Waals surface area contributed by atoms with Crippen LogP contribution >= 0.6 is 0 Å². The topological polar surface area (TPSA) is 83.6 Å². The number of hydrogen-bond donors (Lipinski definition) is 1. The average molecular weight is 348 g/mol. The minimum absolute atomic E-state index is 0.00638. The van der Waals surface area contributed by atoms with Crippen molar-refractivity contribution in [3.05, 3.63) is 35.6 Å². The Kier molecular flexibility index (Phi) is 5.35. The summed E-state index contributed by atoms with van der Waals surface area (Å²) in [5.74, 6) is -2.66. The third-order valence-electron chi connectivity index (χ3n) is 4.52. The molecule has 1 N–H and O–H groups in total. The zero-order chi connectivity index (χ0) is 18.8. The van der Waals surface area contributed by atoms with Gasteiger partial charge in [0.15, 0.2) is 0 Å². The number of nitrogens with zero attached hydrogens (tertiary/aromatic N) is 1. The molecule has 5 amide bonds. The number of imide groups is 4. The van der Waals surface area contributed by atoms with E-state index in [4.69, 9.17) is 0 Å².